The van der Waals surface area contributed by atoms with Crippen molar-refractivity contribution in [3.8, 4) is 0 Å². The molecule has 2 atom stereocenters. The lowest BCUT2D eigenvalue weighted by atomic mass is 9.84. The minimum Gasteiger partial charge on any atom is -0.353 e. The molecule has 3 rings (SSSR count). The summed E-state index contributed by atoms with van der Waals surface area (Å²) >= 11 is 12.0. The molecule has 1 amide bonds. The number of hydrogen-bond acceptors (Lipinski definition) is 3. The predicted molar refractivity (Wildman–Crippen MR) is 132 cm³/mol. The number of nitrogens with zero attached hydrogens (tertiary/aromatic N) is 2. The van der Waals surface area contributed by atoms with Crippen LogP contribution in [0.15, 0.2) is 24.3 Å². The fourth-order valence-corrected chi connectivity index (χ4v) is 5.57. The molecule has 31 heavy (non-hydrogen) atoms. The van der Waals surface area contributed by atoms with Crippen LogP contribution in [0.4, 0.5) is 0 Å². The molecule has 0 spiro atoms. The molecule has 2 fully saturated rings. The molecule has 1 aliphatic carbocycles. The van der Waals surface area contributed by atoms with Gasteiger partial charge < -0.3 is 15.1 Å². The second-order valence-corrected chi connectivity index (χ2v) is 10.1. The van der Waals surface area contributed by atoms with E-state index in [0.29, 0.717) is 16.6 Å². The van der Waals surface area contributed by atoms with E-state index in [9.17, 15) is 4.79 Å². The van der Waals surface area contributed by atoms with E-state index in [2.05, 4.69) is 29.1 Å². The summed E-state index contributed by atoms with van der Waals surface area (Å²) in [6.07, 6.45) is 12.3. The Hall–Kier alpha value is -1.07. The third-order valence-electron chi connectivity index (χ3n) is 7.05. The molecule has 1 aliphatic heterocycles. The molecule has 1 aromatic rings. The van der Waals surface area contributed by atoms with Crippen LogP contribution >= 0.6 is 23.2 Å². The molecule has 1 heterocycles. The largest absolute Gasteiger partial charge is 0.353 e. The van der Waals surface area contributed by atoms with E-state index >= 15 is 0 Å². The average molecular weight is 466 g/mol. The Labute approximate surface area is 198 Å². The van der Waals surface area contributed by atoms with Gasteiger partial charge in [-0.25, -0.2) is 0 Å². The van der Waals surface area contributed by atoms with E-state index in [-0.39, 0.29) is 5.91 Å². The third-order valence-corrected chi connectivity index (χ3v) is 7.61. The molecule has 1 saturated heterocycles. The van der Waals surface area contributed by atoms with Crippen LogP contribution in [0.3, 0.4) is 0 Å². The van der Waals surface area contributed by atoms with Crippen molar-refractivity contribution in [3.05, 3.63) is 39.9 Å². The van der Waals surface area contributed by atoms with Crippen molar-refractivity contribution in [1.29, 1.82) is 0 Å². The highest BCUT2D eigenvalue weighted by Gasteiger charge is 2.31. The Morgan fingerprint density at radius 1 is 1.19 bits per heavy atom. The Balaban J connectivity index is 1.31. The lowest BCUT2D eigenvalue weighted by molar-refractivity contribution is -0.116. The number of nitrogens with one attached hydrogen (secondary N) is 1. The van der Waals surface area contributed by atoms with Crippen molar-refractivity contribution in [3.63, 3.8) is 0 Å². The summed E-state index contributed by atoms with van der Waals surface area (Å²) in [6.45, 7) is 6.50. The summed E-state index contributed by atoms with van der Waals surface area (Å²) in [5.74, 6) is 0.748. The standard InChI is InChI=1S/C25H37Cl2N3O/c1-19-6-3-4-7-24(19)29(2)22-12-16-30(17-13-22)15-5-14-28-25(31)11-9-20-8-10-21(26)18-23(20)27/h8-11,18-19,22,24H,3-7,12-17H2,1-2H3,(H,28,31)/b11-9+/t19-,24-/m0/s1. The van der Waals surface area contributed by atoms with Crippen LogP contribution in [-0.4, -0.2) is 61.0 Å². The van der Waals surface area contributed by atoms with Gasteiger partial charge in [0.2, 0.25) is 5.91 Å². The van der Waals surface area contributed by atoms with Gasteiger partial charge in [0.05, 0.1) is 0 Å². The monoisotopic (exact) mass is 465 g/mol. The first-order valence-electron chi connectivity index (χ1n) is 11.8. The molecular formula is C25H37Cl2N3O. The fraction of sp³-hybridized carbons (Fsp3) is 0.640. The zero-order chi connectivity index (χ0) is 22.2. The number of amides is 1. The van der Waals surface area contributed by atoms with Gasteiger partial charge >= 0.3 is 0 Å². The lowest BCUT2D eigenvalue weighted by Crippen LogP contribution is -2.50. The summed E-state index contributed by atoms with van der Waals surface area (Å²) < 4.78 is 0. The maximum absolute atomic E-state index is 12.1. The lowest BCUT2D eigenvalue weighted by Gasteiger charge is -2.44. The van der Waals surface area contributed by atoms with E-state index in [1.165, 1.54) is 57.7 Å². The molecule has 4 nitrogen and oxygen atoms in total. The van der Waals surface area contributed by atoms with Gasteiger partial charge in [-0.15, -0.1) is 0 Å². The van der Waals surface area contributed by atoms with Crippen LogP contribution in [0.2, 0.25) is 10.0 Å². The minimum absolute atomic E-state index is 0.0899. The Bertz CT molecular complexity index is 746. The summed E-state index contributed by atoms with van der Waals surface area (Å²) in [5.41, 5.74) is 0.789. The maximum Gasteiger partial charge on any atom is 0.244 e. The van der Waals surface area contributed by atoms with Crippen molar-refractivity contribution in [2.75, 3.05) is 33.2 Å². The van der Waals surface area contributed by atoms with Crippen LogP contribution in [0.5, 0.6) is 0 Å². The Morgan fingerprint density at radius 3 is 2.65 bits per heavy atom. The molecule has 0 bridgehead atoms. The predicted octanol–water partition coefficient (Wildman–Crippen LogP) is 5.49. The third kappa shape index (κ3) is 7.49. The van der Waals surface area contributed by atoms with Crippen LogP contribution in [0.25, 0.3) is 6.08 Å². The summed E-state index contributed by atoms with van der Waals surface area (Å²) in [4.78, 5) is 17.3. The van der Waals surface area contributed by atoms with Gasteiger partial charge in [-0.1, -0.05) is 49.0 Å². The maximum atomic E-state index is 12.1. The molecular weight excluding hydrogens is 429 g/mol. The van der Waals surface area contributed by atoms with Crippen molar-refractivity contribution >= 4 is 35.2 Å². The van der Waals surface area contributed by atoms with E-state index < -0.39 is 0 Å². The van der Waals surface area contributed by atoms with Crippen molar-refractivity contribution in [1.82, 2.24) is 15.1 Å². The number of benzene rings is 1. The second kappa shape index (κ2) is 12.2. The van der Waals surface area contributed by atoms with Crippen LogP contribution in [0.1, 0.15) is 57.4 Å². The Kier molecular flexibility index (Phi) is 9.71. The summed E-state index contributed by atoms with van der Waals surface area (Å²) in [6, 6.07) is 6.76. The highest BCUT2D eigenvalue weighted by Crippen LogP contribution is 2.30. The minimum atomic E-state index is -0.0899. The quantitative estimate of drug-likeness (QED) is 0.407. The van der Waals surface area contributed by atoms with Crippen molar-refractivity contribution in [2.24, 2.45) is 5.92 Å². The Morgan fingerprint density at radius 2 is 1.94 bits per heavy atom. The molecule has 1 aromatic carbocycles. The summed E-state index contributed by atoms with van der Waals surface area (Å²) in [7, 11) is 2.35. The topological polar surface area (TPSA) is 35.6 Å². The molecule has 0 unspecified atom stereocenters. The SMILES string of the molecule is C[C@H]1CCCC[C@@H]1N(C)C1CCN(CCCNC(=O)/C=C/c2ccc(Cl)cc2Cl)CC1. The van der Waals surface area contributed by atoms with E-state index in [4.69, 9.17) is 23.2 Å². The molecule has 172 valence electrons. The van der Waals surface area contributed by atoms with Gasteiger partial charge in [0.25, 0.3) is 0 Å². The molecule has 6 heteroatoms. The number of piperidine rings is 1. The first-order chi connectivity index (χ1) is 14.9. The molecule has 0 aromatic heterocycles. The van der Waals surface area contributed by atoms with Crippen molar-refractivity contribution < 1.29 is 4.79 Å². The molecule has 0 radical (unpaired) electrons. The van der Waals surface area contributed by atoms with E-state index in [0.717, 1.165) is 36.5 Å². The van der Waals surface area contributed by atoms with Gasteiger partial charge in [0.15, 0.2) is 0 Å². The molecule has 1 N–H and O–H groups in total. The van der Waals surface area contributed by atoms with E-state index in [1.807, 2.05) is 6.07 Å². The van der Waals surface area contributed by atoms with Crippen LogP contribution < -0.4 is 5.32 Å². The molecule has 1 saturated carbocycles. The van der Waals surface area contributed by atoms with E-state index in [1.54, 1.807) is 18.2 Å². The average Bonchev–Trinajstić information content (AvgIpc) is 2.76. The van der Waals surface area contributed by atoms with Gasteiger partial charge in [0.1, 0.15) is 0 Å². The van der Waals surface area contributed by atoms with Gasteiger partial charge in [-0.2, -0.15) is 0 Å². The first kappa shape index (κ1) is 24.6. The first-order valence-corrected chi connectivity index (χ1v) is 12.5. The fourth-order valence-electron chi connectivity index (χ4n) is 5.10. The zero-order valence-electron chi connectivity index (χ0n) is 19.0. The smallest absolute Gasteiger partial charge is 0.244 e. The number of halogens is 2. The highest BCUT2D eigenvalue weighted by atomic mass is 35.5. The number of rotatable bonds is 8. The number of carbonyl (C=O) groups is 1. The zero-order valence-corrected chi connectivity index (χ0v) is 20.5. The number of carbonyl (C=O) groups excluding carboxylic acids is 1. The van der Waals surface area contributed by atoms with Crippen LogP contribution in [-0.2, 0) is 4.79 Å². The second-order valence-electron chi connectivity index (χ2n) is 9.21. The number of hydrogen-bond donors (Lipinski definition) is 1. The van der Waals surface area contributed by atoms with Gasteiger partial charge in [0, 0.05) is 34.7 Å². The van der Waals surface area contributed by atoms with Gasteiger partial charge in [-0.05, 0) is 88.5 Å². The number of likely N-dealkylation sites (tertiary alicyclic amines) is 1. The van der Waals surface area contributed by atoms with Crippen molar-refractivity contribution in [2.45, 2.75) is 64.0 Å². The molecule has 2 aliphatic rings. The normalized spacial score (nSPS) is 23.5. The van der Waals surface area contributed by atoms with Crippen LogP contribution in [0, 0.1) is 5.92 Å². The van der Waals surface area contributed by atoms with Gasteiger partial charge in [-0.3, -0.25) is 4.79 Å². The highest BCUT2D eigenvalue weighted by molar-refractivity contribution is 6.35. The summed E-state index contributed by atoms with van der Waals surface area (Å²) in [5, 5.41) is 4.10.